The van der Waals surface area contributed by atoms with Crippen molar-refractivity contribution in [2.75, 3.05) is 12.0 Å². The number of amides is 1. The van der Waals surface area contributed by atoms with Gasteiger partial charge in [0.25, 0.3) is 0 Å². The molecule has 43 heavy (non-hydrogen) atoms. The number of hydrogen-bond acceptors (Lipinski definition) is 6. The minimum absolute atomic E-state index is 0.00723. The molecule has 1 saturated heterocycles. The minimum Gasteiger partial charge on any atom is -0.497 e. The van der Waals surface area contributed by atoms with Crippen LogP contribution in [0.4, 0.5) is 18.9 Å². The van der Waals surface area contributed by atoms with E-state index in [1.165, 1.54) is 6.07 Å². The Labute approximate surface area is 257 Å². The molecule has 4 unspecified atom stereocenters. The van der Waals surface area contributed by atoms with Crippen molar-refractivity contribution < 1.29 is 22.7 Å². The van der Waals surface area contributed by atoms with Crippen molar-refractivity contribution in [2.45, 2.75) is 63.6 Å². The van der Waals surface area contributed by atoms with E-state index < -0.39 is 23.2 Å². The lowest BCUT2D eigenvalue weighted by molar-refractivity contribution is -0.137. The summed E-state index contributed by atoms with van der Waals surface area (Å²) in [6, 6.07) is 20.6. The predicted octanol–water partition coefficient (Wildman–Crippen LogP) is 7.89. The van der Waals surface area contributed by atoms with Gasteiger partial charge in [0.05, 0.1) is 31.1 Å². The summed E-state index contributed by atoms with van der Waals surface area (Å²) >= 11 is 3.33. The lowest BCUT2D eigenvalue weighted by Crippen LogP contribution is -2.59. The molecule has 0 radical (unpaired) electrons. The molecule has 0 bridgehead atoms. The highest BCUT2D eigenvalue weighted by molar-refractivity contribution is 9.10. The topological polar surface area (TPSA) is 69.9 Å². The molecule has 3 aromatic carbocycles. The fourth-order valence-electron chi connectivity index (χ4n) is 5.95. The van der Waals surface area contributed by atoms with Crippen LogP contribution < -0.4 is 9.64 Å². The van der Waals surface area contributed by atoms with Crippen molar-refractivity contribution >= 4 is 33.7 Å². The first-order valence-electron chi connectivity index (χ1n) is 14.1. The van der Waals surface area contributed by atoms with E-state index in [9.17, 15) is 18.0 Å². The van der Waals surface area contributed by atoms with Gasteiger partial charge >= 0.3 is 6.18 Å². The molecule has 226 valence electrons. The number of benzene rings is 3. The largest absolute Gasteiger partial charge is 0.497 e. The van der Waals surface area contributed by atoms with E-state index in [4.69, 9.17) is 4.74 Å². The summed E-state index contributed by atoms with van der Waals surface area (Å²) in [6.07, 6.45) is -1.72. The van der Waals surface area contributed by atoms with Crippen LogP contribution >= 0.6 is 15.9 Å². The molecule has 1 amide bonds. The Kier molecular flexibility index (Phi) is 9.03. The summed E-state index contributed by atoms with van der Waals surface area (Å²) in [5, 5.41) is 12.4. The summed E-state index contributed by atoms with van der Waals surface area (Å²) in [7, 11) is 1.57. The van der Waals surface area contributed by atoms with E-state index in [1.54, 1.807) is 30.4 Å². The van der Waals surface area contributed by atoms with Crippen molar-refractivity contribution in [3.63, 3.8) is 0 Å². The normalized spacial score (nSPS) is 23.8. The van der Waals surface area contributed by atoms with Gasteiger partial charge in [-0.2, -0.15) is 18.3 Å². The number of piperidine rings is 1. The first kappa shape index (κ1) is 30.9. The number of methoxy groups -OCH3 is 1. The number of nitrogens with zero attached hydrogens (tertiary/aromatic N) is 5. The molecule has 2 aliphatic rings. The third-order valence-corrected chi connectivity index (χ3v) is 8.93. The van der Waals surface area contributed by atoms with Gasteiger partial charge in [0, 0.05) is 29.0 Å². The van der Waals surface area contributed by atoms with E-state index in [0.29, 0.717) is 30.8 Å². The molecule has 3 aromatic rings. The maximum atomic E-state index is 14.5. The third kappa shape index (κ3) is 6.83. The third-order valence-electron chi connectivity index (χ3n) is 8.29. The van der Waals surface area contributed by atoms with Gasteiger partial charge in [0.15, 0.2) is 0 Å². The molecular formula is C32H33BrF3N5O2. The minimum atomic E-state index is -4.51. The number of anilines is 1. The summed E-state index contributed by atoms with van der Waals surface area (Å²) in [5.41, 5.74) is 0.822. The highest BCUT2D eigenvalue weighted by atomic mass is 79.9. The highest BCUT2D eigenvalue weighted by Gasteiger charge is 2.47. The summed E-state index contributed by atoms with van der Waals surface area (Å²) < 4.78 is 45.9. The molecule has 0 spiro atoms. The average molecular weight is 657 g/mol. The molecule has 11 heteroatoms. The lowest BCUT2D eigenvalue weighted by atomic mass is 9.77. The monoisotopic (exact) mass is 655 g/mol. The molecule has 0 aliphatic carbocycles. The van der Waals surface area contributed by atoms with Crippen molar-refractivity contribution in [1.82, 2.24) is 4.90 Å². The van der Waals surface area contributed by atoms with Crippen LogP contribution in [-0.4, -0.2) is 41.8 Å². The zero-order valence-electron chi connectivity index (χ0n) is 24.1. The van der Waals surface area contributed by atoms with Gasteiger partial charge in [0.2, 0.25) is 5.91 Å². The van der Waals surface area contributed by atoms with Gasteiger partial charge in [0.1, 0.15) is 11.3 Å². The smallest absolute Gasteiger partial charge is 0.416 e. The maximum Gasteiger partial charge on any atom is 0.416 e. The van der Waals surface area contributed by atoms with Gasteiger partial charge < -0.3 is 9.64 Å². The predicted molar refractivity (Wildman–Crippen MR) is 163 cm³/mol. The van der Waals surface area contributed by atoms with Crippen LogP contribution in [0, 0.1) is 5.92 Å². The van der Waals surface area contributed by atoms with Gasteiger partial charge in [-0.25, -0.2) is 0 Å². The average Bonchev–Trinajstić information content (AvgIpc) is 3.44. The zero-order valence-corrected chi connectivity index (χ0v) is 25.7. The van der Waals surface area contributed by atoms with Gasteiger partial charge in [-0.05, 0) is 89.3 Å². The Balaban J connectivity index is 1.49. The SMILES string of the molecule is COc1ccc(CN(C(=O)C2CC(C)N(Cc3ccccc3)C(C3(C)C=NN=N3)C2)c2ccc(C(F)(F)F)cc2Br)cc1. The first-order chi connectivity index (χ1) is 20.5. The van der Waals surface area contributed by atoms with Crippen LogP contribution in [0.5, 0.6) is 5.75 Å². The number of hydrogen-bond donors (Lipinski definition) is 0. The van der Waals surface area contributed by atoms with Crippen LogP contribution in [0.1, 0.15) is 43.4 Å². The zero-order chi connectivity index (χ0) is 30.8. The van der Waals surface area contributed by atoms with Crippen LogP contribution in [0.25, 0.3) is 0 Å². The van der Waals surface area contributed by atoms with E-state index in [-0.39, 0.29) is 29.0 Å². The second kappa shape index (κ2) is 12.6. The molecule has 7 nitrogen and oxygen atoms in total. The van der Waals surface area contributed by atoms with Crippen molar-refractivity contribution in [1.29, 1.82) is 0 Å². The van der Waals surface area contributed by atoms with Crippen molar-refractivity contribution in [3.05, 3.63) is 94.0 Å². The number of likely N-dealkylation sites (tertiary alicyclic amines) is 1. The molecule has 2 aliphatic heterocycles. The van der Waals surface area contributed by atoms with Crippen LogP contribution in [0.3, 0.4) is 0 Å². The van der Waals surface area contributed by atoms with E-state index >= 15 is 0 Å². The van der Waals surface area contributed by atoms with Crippen LogP contribution in [-0.2, 0) is 24.1 Å². The Morgan fingerprint density at radius 2 is 1.79 bits per heavy atom. The first-order valence-corrected chi connectivity index (χ1v) is 14.8. The molecule has 0 saturated carbocycles. The molecule has 4 atom stereocenters. The van der Waals surface area contributed by atoms with Gasteiger partial charge in [-0.3, -0.25) is 9.69 Å². The van der Waals surface area contributed by atoms with Crippen molar-refractivity contribution in [3.8, 4) is 5.75 Å². The number of ether oxygens (including phenoxy) is 1. The fourth-order valence-corrected chi connectivity index (χ4v) is 6.55. The number of alkyl halides is 3. The Morgan fingerprint density at radius 3 is 2.40 bits per heavy atom. The van der Waals surface area contributed by atoms with Gasteiger partial charge in [-0.1, -0.05) is 42.5 Å². The molecule has 0 N–H and O–H groups in total. The number of carbonyl (C=O) groups is 1. The summed E-state index contributed by atoms with van der Waals surface area (Å²) in [6.45, 7) is 4.92. The number of carbonyl (C=O) groups excluding carboxylic acids is 1. The maximum absolute atomic E-state index is 14.5. The highest BCUT2D eigenvalue weighted by Crippen LogP contribution is 2.41. The summed E-state index contributed by atoms with van der Waals surface area (Å²) in [5.74, 6) is 0.0869. The molecule has 0 aromatic heterocycles. The Bertz CT molecular complexity index is 1490. The van der Waals surface area contributed by atoms with Crippen LogP contribution in [0.2, 0.25) is 0 Å². The second-order valence-electron chi connectivity index (χ2n) is 11.3. The standard InChI is InChI=1S/C32H33BrF3N5O2/c1-21-15-24(16-29(31(2)20-37-39-38-31)40(21)18-22-7-5-4-6-8-22)30(42)41(19-23-9-12-26(43-3)13-10-23)28-14-11-25(17-27(28)33)32(34,35)36/h4-14,17,20-21,24,29H,15-16,18-19H2,1-3H3. The Hall–Kier alpha value is -3.57. The quantitative estimate of drug-likeness (QED) is 0.248. The Morgan fingerprint density at radius 1 is 1.07 bits per heavy atom. The molecule has 5 rings (SSSR count). The van der Waals surface area contributed by atoms with Crippen LogP contribution in [0.15, 0.2) is 92.7 Å². The second-order valence-corrected chi connectivity index (χ2v) is 12.1. The summed E-state index contributed by atoms with van der Waals surface area (Å²) in [4.78, 5) is 18.4. The number of rotatable bonds is 8. The van der Waals surface area contributed by atoms with E-state index in [2.05, 4.69) is 55.3 Å². The molecular weight excluding hydrogens is 623 g/mol. The lowest BCUT2D eigenvalue weighted by Gasteiger charge is -2.48. The van der Waals surface area contributed by atoms with Crippen molar-refractivity contribution in [2.24, 2.45) is 21.4 Å². The molecule has 2 heterocycles. The van der Waals surface area contributed by atoms with E-state index in [0.717, 1.165) is 23.3 Å². The molecule has 1 fully saturated rings. The van der Waals surface area contributed by atoms with E-state index in [1.807, 2.05) is 37.3 Å². The number of halogens is 4. The fraction of sp³-hybridized carbons (Fsp3) is 0.375. The van der Waals surface area contributed by atoms with Gasteiger partial charge in [-0.15, -0.1) is 5.10 Å².